The van der Waals surface area contributed by atoms with E-state index in [1.807, 2.05) is 24.3 Å². The number of benzene rings is 2. The van der Waals surface area contributed by atoms with Gasteiger partial charge in [-0.2, -0.15) is 0 Å². The monoisotopic (exact) mass is 344 g/mol. The van der Waals surface area contributed by atoms with Gasteiger partial charge in [-0.05, 0) is 30.2 Å². The molecule has 1 unspecified atom stereocenters. The summed E-state index contributed by atoms with van der Waals surface area (Å²) in [7, 11) is -3.08. The highest BCUT2D eigenvalue weighted by Gasteiger charge is 2.27. The van der Waals surface area contributed by atoms with E-state index in [1.54, 1.807) is 0 Å². The van der Waals surface area contributed by atoms with Crippen LogP contribution < -0.4 is 5.32 Å². The second-order valence-corrected chi connectivity index (χ2v) is 8.40. The maximum Gasteiger partial charge on any atom is 0.211 e. The summed E-state index contributed by atoms with van der Waals surface area (Å²) in [6.07, 6.45) is 2.12. The summed E-state index contributed by atoms with van der Waals surface area (Å²) in [5.74, 6) is 0. The molecule has 6 heteroatoms. The molecule has 1 aromatic heterocycles. The van der Waals surface area contributed by atoms with E-state index in [2.05, 4.69) is 23.5 Å². The average Bonchev–Trinajstić information content (AvgIpc) is 3.17. The van der Waals surface area contributed by atoms with Crippen molar-refractivity contribution in [3.8, 4) is 0 Å². The highest BCUT2D eigenvalue weighted by molar-refractivity contribution is 7.88. The lowest BCUT2D eigenvalue weighted by molar-refractivity contribution is 0.461. The molecule has 1 atom stereocenters. The summed E-state index contributed by atoms with van der Waals surface area (Å²) in [4.78, 5) is 0. The molecule has 5 nitrogen and oxygen atoms in total. The lowest BCUT2D eigenvalue weighted by Crippen LogP contribution is -2.34. The molecule has 1 aliphatic heterocycles. The van der Waals surface area contributed by atoms with Gasteiger partial charge in [-0.3, -0.25) is 0 Å². The van der Waals surface area contributed by atoms with Gasteiger partial charge in [0.05, 0.1) is 6.26 Å². The number of hydrogen-bond acceptors (Lipinski definition) is 4. The Hall–Kier alpha value is -1.89. The number of fused-ring (bicyclic) bond motifs is 3. The van der Waals surface area contributed by atoms with Crippen molar-refractivity contribution < 1.29 is 12.8 Å². The van der Waals surface area contributed by atoms with Crippen LogP contribution in [0.2, 0.25) is 0 Å². The van der Waals surface area contributed by atoms with Crippen LogP contribution in [0.25, 0.3) is 21.9 Å². The maximum absolute atomic E-state index is 11.6. The molecule has 1 fully saturated rings. The minimum atomic E-state index is -3.08. The number of nitrogens with zero attached hydrogens (tertiary/aromatic N) is 1. The van der Waals surface area contributed by atoms with Crippen molar-refractivity contribution in [2.45, 2.75) is 19.0 Å². The van der Waals surface area contributed by atoms with E-state index >= 15 is 0 Å². The first-order valence-corrected chi connectivity index (χ1v) is 9.94. The summed E-state index contributed by atoms with van der Waals surface area (Å²) in [5.41, 5.74) is 2.97. The Kier molecular flexibility index (Phi) is 3.83. The van der Waals surface area contributed by atoms with Gasteiger partial charge in [0.25, 0.3) is 0 Å². The molecule has 0 aliphatic carbocycles. The Balaban J connectivity index is 1.50. The molecule has 2 aromatic carbocycles. The molecule has 1 saturated heterocycles. The van der Waals surface area contributed by atoms with Crippen molar-refractivity contribution in [3.63, 3.8) is 0 Å². The van der Waals surface area contributed by atoms with Crippen LogP contribution in [0.4, 0.5) is 0 Å². The van der Waals surface area contributed by atoms with E-state index in [-0.39, 0.29) is 6.04 Å². The lowest BCUT2D eigenvalue weighted by atomic mass is 10.1. The van der Waals surface area contributed by atoms with Gasteiger partial charge in [-0.15, -0.1) is 0 Å². The average molecular weight is 344 g/mol. The number of hydrogen-bond donors (Lipinski definition) is 1. The Labute approximate surface area is 141 Å². The normalized spacial score (nSPS) is 19.5. The number of sulfonamides is 1. The third-order valence-electron chi connectivity index (χ3n) is 4.66. The molecule has 3 aromatic rings. The molecule has 0 amide bonds. The topological polar surface area (TPSA) is 62.6 Å². The van der Waals surface area contributed by atoms with Crippen molar-refractivity contribution in [1.29, 1.82) is 0 Å². The van der Waals surface area contributed by atoms with Gasteiger partial charge in [-0.1, -0.05) is 24.3 Å². The van der Waals surface area contributed by atoms with Gasteiger partial charge in [0.2, 0.25) is 10.0 Å². The molecular weight excluding hydrogens is 324 g/mol. The standard InChI is InChI=1S/C18H20N2O3S/c1-24(21,22)20-9-8-14(12-20)19-11-13-6-7-18-16(10-13)15-4-2-3-5-17(15)23-18/h2-7,10,14,19H,8-9,11-12H2,1H3. The predicted octanol–water partition coefficient (Wildman–Crippen LogP) is 2.71. The first-order chi connectivity index (χ1) is 11.5. The van der Waals surface area contributed by atoms with E-state index in [9.17, 15) is 8.42 Å². The van der Waals surface area contributed by atoms with Crippen molar-refractivity contribution in [2.75, 3.05) is 19.3 Å². The molecule has 1 aliphatic rings. The van der Waals surface area contributed by atoms with Crippen LogP contribution in [0.3, 0.4) is 0 Å². The minimum absolute atomic E-state index is 0.205. The Morgan fingerprint density at radius 2 is 1.96 bits per heavy atom. The largest absolute Gasteiger partial charge is 0.456 e. The fraction of sp³-hybridized carbons (Fsp3) is 0.333. The molecular formula is C18H20N2O3S. The third kappa shape index (κ3) is 2.92. The molecule has 0 saturated carbocycles. The number of furan rings is 1. The number of para-hydroxylation sites is 1. The smallest absolute Gasteiger partial charge is 0.211 e. The van der Waals surface area contributed by atoms with E-state index < -0.39 is 10.0 Å². The second-order valence-electron chi connectivity index (χ2n) is 6.42. The lowest BCUT2D eigenvalue weighted by Gasteiger charge is -2.14. The number of nitrogens with one attached hydrogen (secondary N) is 1. The SMILES string of the molecule is CS(=O)(=O)N1CCC(NCc2ccc3oc4ccccc4c3c2)C1. The summed E-state index contributed by atoms with van der Waals surface area (Å²) in [6, 6.07) is 14.4. The van der Waals surface area contributed by atoms with Crippen LogP contribution in [0.5, 0.6) is 0 Å². The van der Waals surface area contributed by atoms with E-state index in [0.717, 1.165) is 34.9 Å². The van der Waals surface area contributed by atoms with Crippen molar-refractivity contribution in [3.05, 3.63) is 48.0 Å². The van der Waals surface area contributed by atoms with Crippen molar-refractivity contribution in [1.82, 2.24) is 9.62 Å². The van der Waals surface area contributed by atoms with Gasteiger partial charge in [-0.25, -0.2) is 12.7 Å². The molecule has 1 N–H and O–H groups in total. The first-order valence-electron chi connectivity index (χ1n) is 8.09. The molecule has 4 rings (SSSR count). The van der Waals surface area contributed by atoms with Gasteiger partial charge < -0.3 is 9.73 Å². The van der Waals surface area contributed by atoms with Gasteiger partial charge in [0.1, 0.15) is 11.2 Å². The summed E-state index contributed by atoms with van der Waals surface area (Å²) >= 11 is 0. The van der Waals surface area contributed by atoms with Gasteiger partial charge in [0, 0.05) is 36.4 Å². The maximum atomic E-state index is 11.6. The predicted molar refractivity (Wildman–Crippen MR) is 95.4 cm³/mol. The van der Waals surface area contributed by atoms with E-state index in [4.69, 9.17) is 4.42 Å². The minimum Gasteiger partial charge on any atom is -0.456 e. The molecule has 0 spiro atoms. The number of rotatable bonds is 4. The van der Waals surface area contributed by atoms with Gasteiger partial charge >= 0.3 is 0 Å². The van der Waals surface area contributed by atoms with Crippen LogP contribution in [-0.4, -0.2) is 38.1 Å². The summed E-state index contributed by atoms with van der Waals surface area (Å²) in [6.45, 7) is 1.87. The van der Waals surface area contributed by atoms with Crippen molar-refractivity contribution in [2.24, 2.45) is 0 Å². The Bertz CT molecular complexity index is 994. The molecule has 126 valence electrons. The van der Waals surface area contributed by atoms with Crippen molar-refractivity contribution >= 4 is 32.0 Å². The highest BCUT2D eigenvalue weighted by Crippen LogP contribution is 2.29. The summed E-state index contributed by atoms with van der Waals surface area (Å²) < 4.78 is 30.5. The van der Waals surface area contributed by atoms with Crippen LogP contribution in [-0.2, 0) is 16.6 Å². The zero-order valence-corrected chi connectivity index (χ0v) is 14.3. The van der Waals surface area contributed by atoms with Crippen LogP contribution in [0.15, 0.2) is 46.9 Å². The Morgan fingerprint density at radius 3 is 2.75 bits per heavy atom. The third-order valence-corrected chi connectivity index (χ3v) is 5.93. The molecule has 24 heavy (non-hydrogen) atoms. The zero-order valence-electron chi connectivity index (χ0n) is 13.5. The fourth-order valence-corrected chi connectivity index (χ4v) is 4.23. The first kappa shape index (κ1) is 15.6. The second kappa shape index (κ2) is 5.88. The Morgan fingerprint density at radius 1 is 1.17 bits per heavy atom. The van der Waals surface area contributed by atoms with E-state index in [1.165, 1.54) is 16.1 Å². The van der Waals surface area contributed by atoms with Crippen LogP contribution in [0.1, 0.15) is 12.0 Å². The highest BCUT2D eigenvalue weighted by atomic mass is 32.2. The van der Waals surface area contributed by atoms with Crippen LogP contribution >= 0.6 is 0 Å². The van der Waals surface area contributed by atoms with E-state index in [0.29, 0.717) is 13.1 Å². The summed E-state index contributed by atoms with van der Waals surface area (Å²) in [5, 5.41) is 5.71. The van der Waals surface area contributed by atoms with Gasteiger partial charge in [0.15, 0.2) is 0 Å². The molecule has 0 bridgehead atoms. The molecule has 2 heterocycles. The fourth-order valence-electron chi connectivity index (χ4n) is 3.34. The quantitative estimate of drug-likeness (QED) is 0.790. The molecule has 0 radical (unpaired) electrons. The zero-order chi connectivity index (χ0) is 16.7. The van der Waals surface area contributed by atoms with Crippen LogP contribution in [0, 0.1) is 0 Å².